The topological polar surface area (TPSA) is 65.4 Å². The van der Waals surface area contributed by atoms with E-state index in [9.17, 15) is 13.6 Å². The van der Waals surface area contributed by atoms with Crippen LogP contribution in [0, 0.1) is 11.6 Å². The Morgan fingerprint density at radius 3 is 2.41 bits per heavy atom. The molecule has 162 valence electrons. The van der Waals surface area contributed by atoms with Crippen LogP contribution in [-0.4, -0.2) is 29.9 Å². The molecular formula is C24H19F2N3O3. The van der Waals surface area contributed by atoms with E-state index in [0.29, 0.717) is 22.8 Å². The van der Waals surface area contributed by atoms with Gasteiger partial charge in [0.05, 0.1) is 25.5 Å². The molecule has 0 saturated heterocycles. The van der Waals surface area contributed by atoms with E-state index in [4.69, 9.17) is 9.47 Å². The van der Waals surface area contributed by atoms with E-state index in [1.165, 1.54) is 13.2 Å². The van der Waals surface area contributed by atoms with Gasteiger partial charge in [-0.2, -0.15) is 5.10 Å². The van der Waals surface area contributed by atoms with Gasteiger partial charge in [-0.25, -0.2) is 13.5 Å². The van der Waals surface area contributed by atoms with Gasteiger partial charge in [0.25, 0.3) is 5.91 Å². The van der Waals surface area contributed by atoms with Crippen molar-refractivity contribution in [2.45, 2.75) is 0 Å². The number of benzene rings is 3. The first-order chi connectivity index (χ1) is 15.5. The van der Waals surface area contributed by atoms with Crippen LogP contribution < -0.4 is 14.8 Å². The van der Waals surface area contributed by atoms with Crippen LogP contribution in [0.5, 0.6) is 11.5 Å². The molecule has 0 aliphatic heterocycles. The van der Waals surface area contributed by atoms with Gasteiger partial charge < -0.3 is 14.8 Å². The molecule has 0 bridgehead atoms. The molecule has 3 aromatic carbocycles. The number of rotatable bonds is 6. The maximum atomic E-state index is 13.6. The highest BCUT2D eigenvalue weighted by Gasteiger charge is 2.22. The van der Waals surface area contributed by atoms with Crippen LogP contribution in [0.25, 0.3) is 16.9 Å². The molecule has 4 rings (SSSR count). The summed E-state index contributed by atoms with van der Waals surface area (Å²) in [6.07, 6.45) is 1.57. The Morgan fingerprint density at radius 1 is 0.938 bits per heavy atom. The Bertz CT molecular complexity index is 1270. The summed E-state index contributed by atoms with van der Waals surface area (Å²) >= 11 is 0. The van der Waals surface area contributed by atoms with Crippen molar-refractivity contribution in [3.8, 4) is 28.4 Å². The number of hydrogen-bond donors (Lipinski definition) is 1. The third kappa shape index (κ3) is 4.15. The lowest BCUT2D eigenvalue weighted by Crippen LogP contribution is -2.12. The molecule has 0 unspecified atom stereocenters. The van der Waals surface area contributed by atoms with Crippen LogP contribution in [0.1, 0.15) is 10.4 Å². The zero-order valence-electron chi connectivity index (χ0n) is 17.3. The van der Waals surface area contributed by atoms with E-state index in [1.807, 2.05) is 30.3 Å². The molecule has 1 heterocycles. The standard InChI is InChI=1S/C24H19F2N3O3/c1-31-17-9-10-18(22(13-17)32-2)23-19(14-29(28-23)16-6-4-3-5-7-16)24(30)27-15-8-11-20(25)21(26)12-15/h3-14H,1-2H3,(H,27,30). The summed E-state index contributed by atoms with van der Waals surface area (Å²) in [6.45, 7) is 0. The highest BCUT2D eigenvalue weighted by molar-refractivity contribution is 6.08. The third-order valence-corrected chi connectivity index (χ3v) is 4.82. The molecule has 4 aromatic rings. The fraction of sp³-hybridized carbons (Fsp3) is 0.0833. The largest absolute Gasteiger partial charge is 0.497 e. The van der Waals surface area contributed by atoms with E-state index in [2.05, 4.69) is 10.4 Å². The summed E-state index contributed by atoms with van der Waals surface area (Å²) in [6, 6.07) is 17.6. The minimum Gasteiger partial charge on any atom is -0.497 e. The minimum atomic E-state index is -1.06. The molecule has 1 amide bonds. The average molecular weight is 435 g/mol. The quantitative estimate of drug-likeness (QED) is 0.458. The molecule has 0 saturated carbocycles. The second kappa shape index (κ2) is 8.89. The molecule has 0 fully saturated rings. The molecule has 1 aromatic heterocycles. The second-order valence-electron chi connectivity index (χ2n) is 6.82. The molecule has 8 heteroatoms. The van der Waals surface area contributed by atoms with Crippen molar-refractivity contribution in [3.05, 3.63) is 90.1 Å². The van der Waals surface area contributed by atoms with E-state index in [-0.39, 0.29) is 11.3 Å². The highest BCUT2D eigenvalue weighted by Crippen LogP contribution is 2.35. The van der Waals surface area contributed by atoms with E-state index in [0.717, 1.165) is 17.8 Å². The van der Waals surface area contributed by atoms with Gasteiger partial charge in [0, 0.05) is 29.6 Å². The Morgan fingerprint density at radius 2 is 1.72 bits per heavy atom. The SMILES string of the molecule is COc1ccc(-c2nn(-c3ccccc3)cc2C(=O)Nc2ccc(F)c(F)c2)c(OC)c1. The molecule has 0 spiro atoms. The Labute approximate surface area is 183 Å². The summed E-state index contributed by atoms with van der Waals surface area (Å²) in [4.78, 5) is 13.1. The first-order valence-corrected chi connectivity index (χ1v) is 9.64. The Balaban J connectivity index is 1.81. The van der Waals surface area contributed by atoms with Gasteiger partial charge in [-0.05, 0) is 36.4 Å². The molecule has 1 N–H and O–H groups in total. The number of amides is 1. The van der Waals surface area contributed by atoms with Gasteiger partial charge in [-0.15, -0.1) is 0 Å². The number of aromatic nitrogens is 2. The first kappa shape index (κ1) is 21.0. The Hall–Kier alpha value is -4.20. The van der Waals surface area contributed by atoms with Crippen molar-refractivity contribution in [1.29, 1.82) is 0 Å². The lowest BCUT2D eigenvalue weighted by Gasteiger charge is -2.10. The van der Waals surface area contributed by atoms with Crippen LogP contribution in [0.3, 0.4) is 0 Å². The van der Waals surface area contributed by atoms with Crippen molar-refractivity contribution in [3.63, 3.8) is 0 Å². The molecule has 6 nitrogen and oxygen atoms in total. The lowest BCUT2D eigenvalue weighted by atomic mass is 10.1. The maximum absolute atomic E-state index is 13.6. The van der Waals surface area contributed by atoms with E-state index in [1.54, 1.807) is 36.2 Å². The van der Waals surface area contributed by atoms with E-state index < -0.39 is 17.5 Å². The molecular weight excluding hydrogens is 416 g/mol. The predicted octanol–water partition coefficient (Wildman–Crippen LogP) is 5.09. The monoisotopic (exact) mass is 435 g/mol. The van der Waals surface area contributed by atoms with Gasteiger partial charge >= 0.3 is 0 Å². The zero-order valence-corrected chi connectivity index (χ0v) is 17.3. The van der Waals surface area contributed by atoms with Crippen LogP contribution in [0.2, 0.25) is 0 Å². The van der Waals surface area contributed by atoms with Gasteiger partial charge in [-0.1, -0.05) is 18.2 Å². The van der Waals surface area contributed by atoms with Crippen molar-refractivity contribution >= 4 is 11.6 Å². The van der Waals surface area contributed by atoms with Crippen LogP contribution in [-0.2, 0) is 0 Å². The molecule has 0 aliphatic carbocycles. The third-order valence-electron chi connectivity index (χ3n) is 4.82. The fourth-order valence-corrected chi connectivity index (χ4v) is 3.22. The summed E-state index contributed by atoms with van der Waals surface area (Å²) in [7, 11) is 3.05. The Kier molecular flexibility index (Phi) is 5.85. The van der Waals surface area contributed by atoms with Crippen molar-refractivity contribution in [2.24, 2.45) is 0 Å². The summed E-state index contributed by atoms with van der Waals surface area (Å²) in [5, 5.41) is 7.21. The molecule has 32 heavy (non-hydrogen) atoms. The highest BCUT2D eigenvalue weighted by atomic mass is 19.2. The number of nitrogens with one attached hydrogen (secondary N) is 1. The van der Waals surface area contributed by atoms with Gasteiger partial charge in [0.15, 0.2) is 11.6 Å². The normalized spacial score (nSPS) is 10.6. The van der Waals surface area contributed by atoms with Crippen molar-refractivity contribution < 1.29 is 23.0 Å². The van der Waals surface area contributed by atoms with Crippen molar-refractivity contribution in [1.82, 2.24) is 9.78 Å². The first-order valence-electron chi connectivity index (χ1n) is 9.64. The summed E-state index contributed by atoms with van der Waals surface area (Å²) in [5.41, 5.74) is 2.01. The second-order valence-corrected chi connectivity index (χ2v) is 6.82. The zero-order chi connectivity index (χ0) is 22.7. The molecule has 0 radical (unpaired) electrons. The number of para-hydroxylation sites is 1. The molecule has 0 atom stereocenters. The number of methoxy groups -OCH3 is 2. The number of carbonyl (C=O) groups excluding carboxylic acids is 1. The van der Waals surface area contributed by atoms with Crippen molar-refractivity contribution in [2.75, 3.05) is 19.5 Å². The van der Waals surface area contributed by atoms with Crippen LogP contribution in [0.4, 0.5) is 14.5 Å². The average Bonchev–Trinajstić information content (AvgIpc) is 3.27. The maximum Gasteiger partial charge on any atom is 0.259 e. The number of anilines is 1. The number of carbonyl (C=O) groups is 1. The van der Waals surface area contributed by atoms with Crippen LogP contribution in [0.15, 0.2) is 72.9 Å². The summed E-state index contributed by atoms with van der Waals surface area (Å²) < 4.78 is 39.2. The number of nitrogens with zero attached hydrogens (tertiary/aromatic N) is 2. The fourth-order valence-electron chi connectivity index (χ4n) is 3.22. The lowest BCUT2D eigenvalue weighted by molar-refractivity contribution is 0.102. The van der Waals surface area contributed by atoms with Gasteiger partial charge in [0.1, 0.15) is 17.2 Å². The number of ether oxygens (including phenoxy) is 2. The minimum absolute atomic E-state index is 0.119. The van der Waals surface area contributed by atoms with E-state index >= 15 is 0 Å². The summed E-state index contributed by atoms with van der Waals surface area (Å²) in [5.74, 6) is -1.54. The van der Waals surface area contributed by atoms with Crippen LogP contribution >= 0.6 is 0 Å². The molecule has 0 aliphatic rings. The van der Waals surface area contributed by atoms with Gasteiger partial charge in [-0.3, -0.25) is 4.79 Å². The smallest absolute Gasteiger partial charge is 0.259 e. The number of halogens is 2. The number of hydrogen-bond acceptors (Lipinski definition) is 4. The van der Waals surface area contributed by atoms with Gasteiger partial charge in [0.2, 0.25) is 0 Å². The predicted molar refractivity (Wildman–Crippen MR) is 116 cm³/mol.